The van der Waals surface area contributed by atoms with Gasteiger partial charge in [-0.2, -0.15) is 0 Å². The number of carbonyl (C=O) groups is 2. The van der Waals surface area contributed by atoms with Crippen molar-refractivity contribution in [1.29, 1.82) is 0 Å². The quantitative estimate of drug-likeness (QED) is 0.473. The first-order chi connectivity index (χ1) is 14.2. The average molecular weight is 413 g/mol. The van der Waals surface area contributed by atoms with Crippen LogP contribution >= 0.6 is 11.3 Å². The summed E-state index contributed by atoms with van der Waals surface area (Å²) in [6, 6.07) is 16.2. The topological polar surface area (TPSA) is 80.6 Å². The van der Waals surface area contributed by atoms with Crippen molar-refractivity contribution in [2.45, 2.75) is 25.5 Å². The molecule has 1 unspecified atom stereocenters. The smallest absolute Gasteiger partial charge is 0.262 e. The van der Waals surface area contributed by atoms with Gasteiger partial charge in [0.2, 0.25) is 5.91 Å². The van der Waals surface area contributed by atoms with E-state index in [1.54, 1.807) is 12.3 Å². The van der Waals surface area contributed by atoms with Gasteiger partial charge in [0.1, 0.15) is 18.4 Å². The van der Waals surface area contributed by atoms with Crippen LogP contribution in [0.2, 0.25) is 0 Å². The highest BCUT2D eigenvalue weighted by Crippen LogP contribution is 2.10. The van der Waals surface area contributed by atoms with Crippen molar-refractivity contribution in [3.63, 3.8) is 0 Å². The maximum absolute atomic E-state index is 12.7. The molecule has 1 aromatic carbocycles. The monoisotopic (exact) mass is 412 g/mol. The molecule has 0 fully saturated rings. The Balaban J connectivity index is 1.47. The van der Waals surface area contributed by atoms with Gasteiger partial charge in [0.25, 0.3) is 5.91 Å². The molecule has 1 atom stereocenters. The summed E-state index contributed by atoms with van der Waals surface area (Å²) in [6.45, 7) is 1.39. The minimum Gasteiger partial charge on any atom is -0.467 e. The molecule has 0 spiro atoms. The molecule has 2 amide bonds. The van der Waals surface area contributed by atoms with Gasteiger partial charge in [-0.05, 0) is 35.6 Å². The summed E-state index contributed by atoms with van der Waals surface area (Å²) < 4.78 is 10.7. The summed E-state index contributed by atoms with van der Waals surface area (Å²) >= 11 is 1.35. The molecule has 0 aliphatic heterocycles. The summed E-state index contributed by atoms with van der Waals surface area (Å²) in [4.78, 5) is 25.7. The van der Waals surface area contributed by atoms with E-state index in [0.29, 0.717) is 37.5 Å². The fourth-order valence-corrected chi connectivity index (χ4v) is 3.40. The van der Waals surface area contributed by atoms with Crippen LogP contribution in [-0.2, 0) is 22.6 Å². The predicted molar refractivity (Wildman–Crippen MR) is 112 cm³/mol. The van der Waals surface area contributed by atoms with Gasteiger partial charge in [-0.15, -0.1) is 11.3 Å². The average Bonchev–Trinajstić information content (AvgIpc) is 3.45. The van der Waals surface area contributed by atoms with Gasteiger partial charge in [-0.1, -0.05) is 36.4 Å². The number of rotatable bonds is 11. The molecule has 2 heterocycles. The van der Waals surface area contributed by atoms with E-state index in [0.717, 1.165) is 11.3 Å². The Labute approximate surface area is 173 Å². The second kappa shape index (κ2) is 11.2. The highest BCUT2D eigenvalue weighted by molar-refractivity contribution is 7.12. The molecule has 0 saturated heterocycles. The van der Waals surface area contributed by atoms with Crippen LogP contribution in [0, 0.1) is 0 Å². The third-order valence-corrected chi connectivity index (χ3v) is 5.11. The maximum Gasteiger partial charge on any atom is 0.262 e. The molecule has 7 heteroatoms. The minimum absolute atomic E-state index is 0.204. The van der Waals surface area contributed by atoms with E-state index in [2.05, 4.69) is 10.6 Å². The Morgan fingerprint density at radius 2 is 1.93 bits per heavy atom. The molecule has 6 nitrogen and oxygen atoms in total. The minimum atomic E-state index is -0.643. The third kappa shape index (κ3) is 6.89. The first-order valence-electron chi connectivity index (χ1n) is 9.48. The van der Waals surface area contributed by atoms with E-state index in [1.807, 2.05) is 53.9 Å². The lowest BCUT2D eigenvalue weighted by molar-refractivity contribution is -0.123. The van der Waals surface area contributed by atoms with Crippen molar-refractivity contribution < 1.29 is 18.7 Å². The van der Waals surface area contributed by atoms with Crippen molar-refractivity contribution in [2.75, 3.05) is 13.2 Å². The normalized spacial score (nSPS) is 11.7. The number of hydrogen-bond donors (Lipinski definition) is 2. The zero-order valence-corrected chi connectivity index (χ0v) is 16.8. The molecule has 0 aliphatic carbocycles. The number of thiophene rings is 1. The molecule has 152 valence electrons. The number of ether oxygens (including phenoxy) is 1. The molecule has 0 saturated carbocycles. The maximum atomic E-state index is 12.7. The number of hydrogen-bond acceptors (Lipinski definition) is 5. The van der Waals surface area contributed by atoms with E-state index in [1.165, 1.54) is 11.3 Å². The lowest BCUT2D eigenvalue weighted by atomic mass is 10.1. The number of amides is 2. The van der Waals surface area contributed by atoms with Crippen LogP contribution in [0.15, 0.2) is 70.7 Å². The molecule has 0 radical (unpaired) electrons. The Morgan fingerprint density at radius 1 is 1.07 bits per heavy atom. The van der Waals surface area contributed by atoms with Crippen molar-refractivity contribution >= 4 is 23.2 Å². The molecular weight excluding hydrogens is 388 g/mol. The molecule has 2 aromatic heterocycles. The van der Waals surface area contributed by atoms with E-state index in [9.17, 15) is 9.59 Å². The fourth-order valence-electron chi connectivity index (χ4n) is 2.77. The van der Waals surface area contributed by atoms with Crippen molar-refractivity contribution in [3.05, 3.63) is 82.4 Å². The highest BCUT2D eigenvalue weighted by Gasteiger charge is 2.22. The lowest BCUT2D eigenvalue weighted by Crippen LogP contribution is -2.48. The van der Waals surface area contributed by atoms with Crippen molar-refractivity contribution in [1.82, 2.24) is 10.6 Å². The summed E-state index contributed by atoms with van der Waals surface area (Å²) in [6.07, 6.45) is 2.71. The number of carbonyl (C=O) groups excluding carboxylic acids is 2. The van der Waals surface area contributed by atoms with Crippen LogP contribution in [-0.4, -0.2) is 31.0 Å². The zero-order chi connectivity index (χ0) is 20.3. The zero-order valence-electron chi connectivity index (χ0n) is 16.0. The summed E-state index contributed by atoms with van der Waals surface area (Å²) in [5.74, 6) is 0.330. The molecular formula is C22H24N2O4S. The lowest BCUT2D eigenvalue weighted by Gasteiger charge is -2.18. The molecule has 0 bridgehead atoms. The van der Waals surface area contributed by atoms with Crippen molar-refractivity contribution in [2.24, 2.45) is 0 Å². The SMILES string of the molecule is O=C(NC(Cc1ccccc1)C(=O)NCCCOCc1ccco1)c1cccs1. The van der Waals surface area contributed by atoms with Gasteiger partial charge in [-0.25, -0.2) is 0 Å². The van der Waals surface area contributed by atoms with Gasteiger partial charge in [0, 0.05) is 19.6 Å². The van der Waals surface area contributed by atoms with E-state index in [4.69, 9.17) is 9.15 Å². The van der Waals surface area contributed by atoms with Crippen LogP contribution < -0.4 is 10.6 Å². The van der Waals surface area contributed by atoms with Crippen molar-refractivity contribution in [3.8, 4) is 0 Å². The molecule has 2 N–H and O–H groups in total. The first kappa shape index (κ1) is 20.8. The molecule has 0 aliphatic rings. The third-order valence-electron chi connectivity index (χ3n) is 4.24. The Hall–Kier alpha value is -2.90. The molecule has 3 aromatic rings. The second-order valence-electron chi connectivity index (χ2n) is 6.47. The molecule has 29 heavy (non-hydrogen) atoms. The Kier molecular flexibility index (Phi) is 8.03. The number of nitrogens with one attached hydrogen (secondary N) is 2. The standard InChI is InChI=1S/C22H24N2O4S/c25-21(23-11-6-12-27-16-18-9-4-13-28-18)19(15-17-7-2-1-3-8-17)24-22(26)20-10-5-14-29-20/h1-5,7-10,13-14,19H,6,11-12,15-16H2,(H,23,25)(H,24,26). The second-order valence-corrected chi connectivity index (χ2v) is 7.42. The largest absolute Gasteiger partial charge is 0.467 e. The van der Waals surface area contributed by atoms with Crippen LogP contribution in [0.5, 0.6) is 0 Å². The van der Waals surface area contributed by atoms with Crippen LogP contribution in [0.1, 0.15) is 27.4 Å². The molecule has 3 rings (SSSR count). The summed E-state index contributed by atoms with van der Waals surface area (Å²) in [5, 5.41) is 7.58. The number of benzene rings is 1. The van der Waals surface area contributed by atoms with Crippen LogP contribution in [0.4, 0.5) is 0 Å². The highest BCUT2D eigenvalue weighted by atomic mass is 32.1. The Morgan fingerprint density at radius 3 is 2.66 bits per heavy atom. The predicted octanol–water partition coefficient (Wildman–Crippen LogP) is 3.41. The number of furan rings is 1. The first-order valence-corrected chi connectivity index (χ1v) is 10.4. The summed E-state index contributed by atoms with van der Waals surface area (Å²) in [5.41, 5.74) is 0.987. The van der Waals surface area contributed by atoms with Crippen LogP contribution in [0.25, 0.3) is 0 Å². The van der Waals surface area contributed by atoms with Gasteiger partial charge in [-0.3, -0.25) is 9.59 Å². The van der Waals surface area contributed by atoms with Gasteiger partial charge in [0.15, 0.2) is 0 Å². The van der Waals surface area contributed by atoms with Gasteiger partial charge < -0.3 is 19.8 Å². The van der Waals surface area contributed by atoms with E-state index >= 15 is 0 Å². The van der Waals surface area contributed by atoms with Crippen LogP contribution in [0.3, 0.4) is 0 Å². The fraction of sp³-hybridized carbons (Fsp3) is 0.273. The van der Waals surface area contributed by atoms with Gasteiger partial charge in [0.05, 0.1) is 11.1 Å². The summed E-state index contributed by atoms with van der Waals surface area (Å²) in [7, 11) is 0. The van der Waals surface area contributed by atoms with Gasteiger partial charge >= 0.3 is 0 Å². The van der Waals surface area contributed by atoms with E-state index < -0.39 is 6.04 Å². The Bertz CT molecular complexity index is 864. The van der Waals surface area contributed by atoms with E-state index in [-0.39, 0.29) is 11.8 Å².